The van der Waals surface area contributed by atoms with Gasteiger partial charge in [0.25, 0.3) is 0 Å². The van der Waals surface area contributed by atoms with Gasteiger partial charge >= 0.3 is 6.09 Å². The molecule has 0 radical (unpaired) electrons. The predicted octanol–water partition coefficient (Wildman–Crippen LogP) is 1.91. The number of pyridine rings is 1. The highest BCUT2D eigenvalue weighted by Crippen LogP contribution is 2.47. The zero-order valence-electron chi connectivity index (χ0n) is 15.6. The molecule has 4 rings (SSSR count). The highest BCUT2D eigenvalue weighted by molar-refractivity contribution is 6.05. The van der Waals surface area contributed by atoms with Crippen molar-refractivity contribution in [3.63, 3.8) is 0 Å². The van der Waals surface area contributed by atoms with E-state index in [9.17, 15) is 14.7 Å². The monoisotopic (exact) mass is 374 g/mol. The molecule has 1 aliphatic carbocycles. The lowest BCUT2D eigenvalue weighted by molar-refractivity contribution is -0.122. The van der Waals surface area contributed by atoms with Crippen LogP contribution >= 0.6 is 0 Å². The summed E-state index contributed by atoms with van der Waals surface area (Å²) < 4.78 is 5.26. The molecule has 1 saturated carbocycles. The summed E-state index contributed by atoms with van der Waals surface area (Å²) >= 11 is 0. The number of nitrogens with zero attached hydrogens (tertiary/aromatic N) is 3. The minimum Gasteiger partial charge on any atom is -0.481 e. The van der Waals surface area contributed by atoms with Crippen LogP contribution in [0.3, 0.4) is 0 Å². The maximum absolute atomic E-state index is 12.8. The molecule has 1 spiro atoms. The number of aromatic nitrogens is 1. The maximum atomic E-state index is 12.8. The Hall–Kier alpha value is -2.35. The van der Waals surface area contributed by atoms with E-state index in [-0.39, 0.29) is 5.91 Å². The molecule has 2 aliphatic heterocycles. The van der Waals surface area contributed by atoms with Crippen LogP contribution in [0.25, 0.3) is 0 Å². The number of anilines is 1. The smallest absolute Gasteiger partial charge is 0.407 e. The molecular formula is C19H26N4O4. The average molecular weight is 374 g/mol. The molecule has 1 aromatic heterocycles. The summed E-state index contributed by atoms with van der Waals surface area (Å²) in [5.41, 5.74) is 1.06. The van der Waals surface area contributed by atoms with Gasteiger partial charge in [-0.15, -0.1) is 0 Å². The van der Waals surface area contributed by atoms with E-state index in [0.717, 1.165) is 56.6 Å². The van der Waals surface area contributed by atoms with Gasteiger partial charge in [0, 0.05) is 38.3 Å². The molecule has 27 heavy (non-hydrogen) atoms. The first-order chi connectivity index (χ1) is 13.0. The Morgan fingerprint density at radius 3 is 2.74 bits per heavy atom. The van der Waals surface area contributed by atoms with Gasteiger partial charge in [-0.25, -0.2) is 9.78 Å². The molecule has 2 fully saturated rings. The maximum Gasteiger partial charge on any atom is 0.407 e. The van der Waals surface area contributed by atoms with E-state index >= 15 is 0 Å². The lowest BCUT2D eigenvalue weighted by atomic mass is 9.70. The van der Waals surface area contributed by atoms with Gasteiger partial charge in [0.05, 0.1) is 23.9 Å². The van der Waals surface area contributed by atoms with Crippen LogP contribution in [0.15, 0.2) is 12.1 Å². The van der Waals surface area contributed by atoms with Crippen LogP contribution in [-0.2, 0) is 10.2 Å². The predicted molar refractivity (Wildman–Crippen MR) is 99.1 cm³/mol. The molecule has 1 saturated heterocycles. The largest absolute Gasteiger partial charge is 0.481 e. The summed E-state index contributed by atoms with van der Waals surface area (Å²) in [6.07, 6.45) is 3.37. The zero-order chi connectivity index (χ0) is 19.0. The minimum absolute atomic E-state index is 0.0459. The van der Waals surface area contributed by atoms with Crippen molar-refractivity contribution in [2.45, 2.75) is 43.6 Å². The Labute approximate surface area is 158 Å². The minimum atomic E-state index is -0.835. The lowest BCUT2D eigenvalue weighted by Gasteiger charge is -2.40. The number of amides is 2. The number of ether oxygens (including phenoxy) is 1. The fraction of sp³-hybridized carbons (Fsp3) is 0.632. The third kappa shape index (κ3) is 3.12. The van der Waals surface area contributed by atoms with E-state index in [1.54, 1.807) is 13.2 Å². The first-order valence-electron chi connectivity index (χ1n) is 9.62. The summed E-state index contributed by atoms with van der Waals surface area (Å²) in [4.78, 5) is 32.5. The molecule has 0 atom stereocenters. The van der Waals surface area contributed by atoms with Gasteiger partial charge in [-0.05, 0) is 38.2 Å². The van der Waals surface area contributed by atoms with Gasteiger partial charge in [0.1, 0.15) is 0 Å². The van der Waals surface area contributed by atoms with Crippen LogP contribution < -0.4 is 10.1 Å². The summed E-state index contributed by atoms with van der Waals surface area (Å²) in [6, 6.07) is 4.04. The molecule has 8 nitrogen and oxygen atoms in total. The van der Waals surface area contributed by atoms with Gasteiger partial charge in [-0.1, -0.05) is 0 Å². The Morgan fingerprint density at radius 1 is 1.26 bits per heavy atom. The van der Waals surface area contributed by atoms with E-state index in [2.05, 4.69) is 15.2 Å². The van der Waals surface area contributed by atoms with Crippen molar-refractivity contribution < 1.29 is 19.4 Å². The molecule has 0 aromatic carbocycles. The van der Waals surface area contributed by atoms with E-state index in [4.69, 9.17) is 4.74 Å². The van der Waals surface area contributed by atoms with Crippen molar-refractivity contribution in [2.24, 2.45) is 0 Å². The summed E-state index contributed by atoms with van der Waals surface area (Å²) in [6.45, 7) is 2.83. The molecule has 146 valence electrons. The Morgan fingerprint density at radius 2 is 2.04 bits per heavy atom. The molecule has 0 unspecified atom stereocenters. The molecule has 1 aromatic rings. The standard InChI is InChI=1S/C19H26N4O4/c1-27-15-4-3-14-16(21-15)19(17(24)20-14)7-5-13(6-8-19)22-9-2-10-23(12-11-22)18(25)26/h3-4,13H,2,5-12H2,1H3,(H,20,24)(H,25,26). The lowest BCUT2D eigenvalue weighted by Crippen LogP contribution is -2.46. The number of hydrogen-bond donors (Lipinski definition) is 2. The van der Waals surface area contributed by atoms with Crippen LogP contribution in [0, 0.1) is 0 Å². The normalized spacial score (nSPS) is 28.6. The SMILES string of the molecule is COc1ccc2c(n1)C1(CCC(N3CCCN(C(=O)O)CC3)CC1)C(=O)N2. The quantitative estimate of drug-likeness (QED) is 0.821. The van der Waals surface area contributed by atoms with Gasteiger partial charge < -0.3 is 20.1 Å². The average Bonchev–Trinajstić information content (AvgIpc) is 2.84. The first-order valence-corrected chi connectivity index (χ1v) is 9.62. The van der Waals surface area contributed by atoms with Crippen molar-refractivity contribution in [3.05, 3.63) is 17.8 Å². The highest BCUT2D eigenvalue weighted by atomic mass is 16.5. The second-order valence-corrected chi connectivity index (χ2v) is 7.68. The van der Waals surface area contributed by atoms with E-state index in [1.807, 2.05) is 6.07 Å². The highest BCUT2D eigenvalue weighted by Gasteiger charge is 2.50. The Balaban J connectivity index is 1.46. The van der Waals surface area contributed by atoms with E-state index in [1.165, 1.54) is 4.90 Å². The second-order valence-electron chi connectivity index (χ2n) is 7.68. The molecule has 8 heteroatoms. The number of nitrogens with one attached hydrogen (secondary N) is 1. The number of fused-ring (bicyclic) bond motifs is 2. The van der Waals surface area contributed by atoms with Crippen LogP contribution in [-0.4, -0.2) is 71.2 Å². The molecule has 0 bridgehead atoms. The van der Waals surface area contributed by atoms with Crippen molar-refractivity contribution in [3.8, 4) is 5.88 Å². The van der Waals surface area contributed by atoms with Crippen LogP contribution in [0.4, 0.5) is 10.5 Å². The fourth-order valence-corrected chi connectivity index (χ4v) is 4.79. The summed E-state index contributed by atoms with van der Waals surface area (Å²) in [5, 5.41) is 12.2. The number of carboxylic acid groups (broad SMARTS) is 1. The van der Waals surface area contributed by atoms with Crippen molar-refractivity contribution in [1.29, 1.82) is 0 Å². The fourth-order valence-electron chi connectivity index (χ4n) is 4.79. The van der Waals surface area contributed by atoms with Gasteiger partial charge in [0.15, 0.2) is 0 Å². The molecular weight excluding hydrogens is 348 g/mol. The molecule has 3 heterocycles. The topological polar surface area (TPSA) is 95.0 Å². The molecule has 2 amide bonds. The first kappa shape index (κ1) is 18.0. The van der Waals surface area contributed by atoms with E-state index < -0.39 is 11.5 Å². The van der Waals surface area contributed by atoms with Crippen molar-refractivity contribution in [2.75, 3.05) is 38.6 Å². The Bertz CT molecular complexity index is 745. The number of hydrogen-bond acceptors (Lipinski definition) is 5. The summed E-state index contributed by atoms with van der Waals surface area (Å²) in [5.74, 6) is 0.581. The Kier molecular flexibility index (Phi) is 4.67. The molecule has 3 aliphatic rings. The van der Waals surface area contributed by atoms with Crippen LogP contribution in [0.2, 0.25) is 0 Å². The second kappa shape index (κ2) is 6.99. The number of carbonyl (C=O) groups excluding carboxylic acids is 1. The summed E-state index contributed by atoms with van der Waals surface area (Å²) in [7, 11) is 1.59. The third-order valence-corrected chi connectivity index (χ3v) is 6.34. The number of rotatable bonds is 2. The van der Waals surface area contributed by atoms with Crippen molar-refractivity contribution >= 4 is 17.7 Å². The van der Waals surface area contributed by atoms with Gasteiger partial charge in [-0.2, -0.15) is 0 Å². The van der Waals surface area contributed by atoms with E-state index in [0.29, 0.717) is 25.0 Å². The van der Waals surface area contributed by atoms with Crippen LogP contribution in [0.1, 0.15) is 37.8 Å². The van der Waals surface area contributed by atoms with Gasteiger partial charge in [-0.3, -0.25) is 9.69 Å². The van der Waals surface area contributed by atoms with Gasteiger partial charge in [0.2, 0.25) is 11.8 Å². The zero-order valence-corrected chi connectivity index (χ0v) is 15.6. The molecule has 2 N–H and O–H groups in total. The van der Waals surface area contributed by atoms with Crippen LogP contribution in [0.5, 0.6) is 5.88 Å². The number of methoxy groups -OCH3 is 1. The third-order valence-electron chi connectivity index (χ3n) is 6.34. The van der Waals surface area contributed by atoms with Crippen molar-refractivity contribution in [1.82, 2.24) is 14.8 Å². The number of carbonyl (C=O) groups is 2.